The van der Waals surface area contributed by atoms with Crippen molar-refractivity contribution in [1.29, 1.82) is 0 Å². The number of fused-ring (bicyclic) bond motifs is 1. The normalized spacial score (nSPS) is 17.4. The second kappa shape index (κ2) is 6.66. The molecule has 0 saturated carbocycles. The molecule has 1 aliphatic heterocycles. The highest BCUT2D eigenvalue weighted by Gasteiger charge is 2.25. The van der Waals surface area contributed by atoms with E-state index in [1.165, 1.54) is 0 Å². The Morgan fingerprint density at radius 3 is 3.04 bits per heavy atom. The van der Waals surface area contributed by atoms with Gasteiger partial charge in [0.05, 0.1) is 0 Å². The van der Waals surface area contributed by atoms with Crippen molar-refractivity contribution in [2.45, 2.75) is 26.7 Å². The molecule has 1 atom stereocenters. The summed E-state index contributed by atoms with van der Waals surface area (Å²) in [5, 5.41) is 7.81. The van der Waals surface area contributed by atoms with E-state index in [4.69, 9.17) is 0 Å². The summed E-state index contributed by atoms with van der Waals surface area (Å²) in [6, 6.07) is 8.21. The number of nitrogens with one attached hydrogen (secondary N) is 1. The topological polar surface area (TPSA) is 71.2 Å². The van der Waals surface area contributed by atoms with Crippen molar-refractivity contribution >= 4 is 17.4 Å². The van der Waals surface area contributed by atoms with Gasteiger partial charge in [-0.2, -0.15) is 14.6 Å². The van der Waals surface area contributed by atoms with E-state index in [0.717, 1.165) is 55.5 Å². The van der Waals surface area contributed by atoms with Gasteiger partial charge in [0.2, 0.25) is 0 Å². The number of nitrogens with zero attached hydrogens (tertiary/aromatic N) is 6. The summed E-state index contributed by atoms with van der Waals surface area (Å²) in [6.45, 7) is 7.08. The lowest BCUT2D eigenvalue weighted by Gasteiger charge is -2.20. The Balaban J connectivity index is 1.46. The van der Waals surface area contributed by atoms with Gasteiger partial charge >= 0.3 is 0 Å². The lowest BCUT2D eigenvalue weighted by molar-refractivity contribution is 0.620. The van der Waals surface area contributed by atoms with Crippen LogP contribution in [0.5, 0.6) is 0 Å². The van der Waals surface area contributed by atoms with Crippen LogP contribution < -0.4 is 10.2 Å². The van der Waals surface area contributed by atoms with Crippen LogP contribution >= 0.6 is 0 Å². The fourth-order valence-corrected chi connectivity index (χ4v) is 3.35. The summed E-state index contributed by atoms with van der Waals surface area (Å²) in [6.07, 6.45) is 3.62. The Morgan fingerprint density at radius 1 is 1.28 bits per heavy atom. The molecule has 130 valence electrons. The van der Waals surface area contributed by atoms with Crippen molar-refractivity contribution in [3.63, 3.8) is 0 Å². The fourth-order valence-electron chi connectivity index (χ4n) is 3.35. The van der Waals surface area contributed by atoms with Crippen LogP contribution in [0.4, 0.5) is 11.6 Å². The number of rotatable bonds is 5. The maximum atomic E-state index is 4.53. The molecule has 3 aromatic heterocycles. The van der Waals surface area contributed by atoms with Crippen LogP contribution in [-0.2, 0) is 6.42 Å². The first-order valence-electron chi connectivity index (χ1n) is 8.85. The third-order valence-corrected chi connectivity index (χ3v) is 4.72. The Bertz CT molecular complexity index is 873. The number of pyridine rings is 1. The Hall–Kier alpha value is -2.70. The SMILES string of the molecule is CCc1cc(N2CCC(CNc3cccc(C)n3)C2)n2ncnc2n1. The van der Waals surface area contributed by atoms with Crippen LogP contribution in [0.2, 0.25) is 0 Å². The zero-order valence-electron chi connectivity index (χ0n) is 14.7. The third-order valence-electron chi connectivity index (χ3n) is 4.72. The minimum absolute atomic E-state index is 0.583. The molecule has 0 aromatic carbocycles. The lowest BCUT2D eigenvalue weighted by Crippen LogP contribution is -2.25. The van der Waals surface area contributed by atoms with Gasteiger partial charge < -0.3 is 10.2 Å². The number of anilines is 2. The maximum Gasteiger partial charge on any atom is 0.254 e. The Labute approximate surface area is 147 Å². The van der Waals surface area contributed by atoms with Gasteiger partial charge in [-0.05, 0) is 37.8 Å². The molecule has 1 fully saturated rings. The van der Waals surface area contributed by atoms with E-state index in [0.29, 0.717) is 11.7 Å². The maximum absolute atomic E-state index is 4.53. The molecular formula is C18H23N7. The first-order chi connectivity index (χ1) is 12.2. The van der Waals surface area contributed by atoms with Crippen LogP contribution in [0, 0.1) is 12.8 Å². The van der Waals surface area contributed by atoms with Crippen molar-refractivity contribution in [2.75, 3.05) is 29.9 Å². The van der Waals surface area contributed by atoms with Gasteiger partial charge in [0.25, 0.3) is 5.78 Å². The molecule has 0 amide bonds. The molecule has 7 heteroatoms. The van der Waals surface area contributed by atoms with Gasteiger partial charge in [0.15, 0.2) is 0 Å². The van der Waals surface area contributed by atoms with E-state index < -0.39 is 0 Å². The summed E-state index contributed by atoms with van der Waals surface area (Å²) >= 11 is 0. The van der Waals surface area contributed by atoms with Gasteiger partial charge in [0, 0.05) is 37.1 Å². The minimum Gasteiger partial charge on any atom is -0.370 e. The van der Waals surface area contributed by atoms with Crippen molar-refractivity contribution in [3.05, 3.63) is 42.0 Å². The van der Waals surface area contributed by atoms with Gasteiger partial charge in [-0.25, -0.2) is 9.97 Å². The number of aromatic nitrogens is 5. The Kier molecular flexibility index (Phi) is 4.21. The molecule has 0 bridgehead atoms. The van der Waals surface area contributed by atoms with Crippen LogP contribution in [0.15, 0.2) is 30.6 Å². The number of hydrogen-bond donors (Lipinski definition) is 1. The van der Waals surface area contributed by atoms with Gasteiger partial charge in [-0.1, -0.05) is 13.0 Å². The summed E-state index contributed by atoms with van der Waals surface area (Å²) < 4.78 is 1.84. The van der Waals surface area contributed by atoms with Gasteiger partial charge in [0.1, 0.15) is 18.0 Å². The lowest BCUT2D eigenvalue weighted by atomic mass is 10.1. The van der Waals surface area contributed by atoms with Crippen LogP contribution in [0.3, 0.4) is 0 Å². The summed E-state index contributed by atoms with van der Waals surface area (Å²) in [5.41, 5.74) is 2.09. The van der Waals surface area contributed by atoms with Crippen molar-refractivity contribution in [3.8, 4) is 0 Å². The summed E-state index contributed by atoms with van der Waals surface area (Å²) in [5.74, 6) is 3.31. The predicted octanol–water partition coefficient (Wildman–Crippen LogP) is 2.33. The average Bonchev–Trinajstić information content (AvgIpc) is 3.28. The minimum atomic E-state index is 0.583. The van der Waals surface area contributed by atoms with Crippen molar-refractivity contribution < 1.29 is 0 Å². The quantitative estimate of drug-likeness (QED) is 0.770. The van der Waals surface area contributed by atoms with Crippen LogP contribution in [-0.4, -0.2) is 44.2 Å². The largest absolute Gasteiger partial charge is 0.370 e. The zero-order valence-corrected chi connectivity index (χ0v) is 14.7. The predicted molar refractivity (Wildman–Crippen MR) is 97.9 cm³/mol. The summed E-state index contributed by atoms with van der Waals surface area (Å²) in [7, 11) is 0. The molecule has 3 aromatic rings. The van der Waals surface area contributed by atoms with Gasteiger partial charge in [-0.3, -0.25) is 0 Å². The van der Waals surface area contributed by atoms with Crippen LogP contribution in [0.1, 0.15) is 24.7 Å². The van der Waals surface area contributed by atoms with E-state index in [1.807, 2.05) is 29.6 Å². The molecule has 1 saturated heterocycles. The molecule has 4 rings (SSSR count). The van der Waals surface area contributed by atoms with E-state index in [-0.39, 0.29) is 0 Å². The second-order valence-electron chi connectivity index (χ2n) is 6.58. The standard InChI is InChI=1S/C18H23N7/c1-3-15-9-17(25-18(23-15)20-12-21-25)24-8-7-14(11-24)10-19-16-6-4-5-13(2)22-16/h4-6,9,12,14H,3,7-8,10-11H2,1-2H3,(H,19,22). The first-order valence-corrected chi connectivity index (χ1v) is 8.85. The van der Waals surface area contributed by atoms with E-state index in [2.05, 4.69) is 43.3 Å². The smallest absolute Gasteiger partial charge is 0.254 e. The molecule has 1 aliphatic rings. The van der Waals surface area contributed by atoms with E-state index in [9.17, 15) is 0 Å². The highest BCUT2D eigenvalue weighted by atomic mass is 15.4. The summed E-state index contributed by atoms with van der Waals surface area (Å²) in [4.78, 5) is 15.7. The molecular weight excluding hydrogens is 314 g/mol. The van der Waals surface area contributed by atoms with Crippen molar-refractivity contribution in [1.82, 2.24) is 24.6 Å². The second-order valence-corrected chi connectivity index (χ2v) is 6.58. The highest BCUT2D eigenvalue weighted by molar-refractivity contribution is 5.48. The van der Waals surface area contributed by atoms with E-state index >= 15 is 0 Å². The molecule has 0 radical (unpaired) electrons. The molecule has 4 heterocycles. The van der Waals surface area contributed by atoms with Crippen LogP contribution in [0.25, 0.3) is 5.78 Å². The molecule has 1 N–H and O–H groups in total. The monoisotopic (exact) mass is 337 g/mol. The molecule has 0 spiro atoms. The fraction of sp³-hybridized carbons (Fsp3) is 0.444. The molecule has 0 aliphatic carbocycles. The number of aryl methyl sites for hydroxylation is 2. The third kappa shape index (κ3) is 3.26. The first kappa shape index (κ1) is 15.8. The molecule has 7 nitrogen and oxygen atoms in total. The number of hydrogen-bond acceptors (Lipinski definition) is 6. The van der Waals surface area contributed by atoms with E-state index in [1.54, 1.807) is 6.33 Å². The van der Waals surface area contributed by atoms with Crippen molar-refractivity contribution in [2.24, 2.45) is 5.92 Å². The van der Waals surface area contributed by atoms with Gasteiger partial charge in [-0.15, -0.1) is 0 Å². The molecule has 25 heavy (non-hydrogen) atoms. The highest BCUT2D eigenvalue weighted by Crippen LogP contribution is 2.25. The Morgan fingerprint density at radius 2 is 2.20 bits per heavy atom. The zero-order chi connectivity index (χ0) is 17.2. The average molecular weight is 337 g/mol. The molecule has 1 unspecified atom stereocenters.